The maximum Gasteiger partial charge on any atom is 0.120 e. The molecule has 0 spiro atoms. The average Bonchev–Trinajstić information content (AvgIpc) is 2.35. The zero-order chi connectivity index (χ0) is 12.6. The molecule has 0 N–H and O–H groups in total. The smallest absolute Gasteiger partial charge is 0.120 e. The van der Waals surface area contributed by atoms with Gasteiger partial charge in [-0.25, -0.2) is 0 Å². The Balaban J connectivity index is 3.16. The molecule has 1 nitrogen and oxygen atoms in total. The number of carbonyl (C=O) groups is 1. The van der Waals surface area contributed by atoms with E-state index in [0.717, 1.165) is 19.1 Å². The minimum absolute atomic E-state index is 0.686. The van der Waals surface area contributed by atoms with Gasteiger partial charge in [0.1, 0.15) is 6.29 Å². The molecule has 98 valence electrons. The van der Waals surface area contributed by atoms with E-state index in [1.807, 2.05) is 0 Å². The molecule has 0 aromatic rings. The molecule has 0 aliphatic heterocycles. The van der Waals surface area contributed by atoms with Crippen LogP contribution >= 0.6 is 0 Å². The Morgan fingerprint density at radius 3 is 1.94 bits per heavy atom. The Hall–Kier alpha value is -0.850. The molecule has 0 atom stereocenters. The van der Waals surface area contributed by atoms with Crippen molar-refractivity contribution in [3.63, 3.8) is 0 Å². The summed E-state index contributed by atoms with van der Waals surface area (Å²) in [7, 11) is 0. The zero-order valence-corrected chi connectivity index (χ0v) is 11.4. The van der Waals surface area contributed by atoms with E-state index in [9.17, 15) is 4.79 Å². The van der Waals surface area contributed by atoms with Crippen molar-refractivity contribution in [2.75, 3.05) is 0 Å². The van der Waals surface area contributed by atoms with Crippen molar-refractivity contribution in [3.05, 3.63) is 24.3 Å². The third-order valence-corrected chi connectivity index (χ3v) is 2.80. The van der Waals surface area contributed by atoms with Gasteiger partial charge < -0.3 is 4.79 Å². The van der Waals surface area contributed by atoms with E-state index in [-0.39, 0.29) is 0 Å². The lowest BCUT2D eigenvalue weighted by Gasteiger charge is -1.97. The molecule has 0 rings (SSSR count). The minimum Gasteiger partial charge on any atom is -0.303 e. The van der Waals surface area contributed by atoms with Gasteiger partial charge in [-0.2, -0.15) is 0 Å². The van der Waals surface area contributed by atoms with Gasteiger partial charge in [-0.05, 0) is 25.7 Å². The molecule has 17 heavy (non-hydrogen) atoms. The zero-order valence-electron chi connectivity index (χ0n) is 11.4. The van der Waals surface area contributed by atoms with E-state index < -0.39 is 0 Å². The number of carbonyl (C=O) groups excluding carboxylic acids is 1. The van der Waals surface area contributed by atoms with Gasteiger partial charge in [-0.3, -0.25) is 0 Å². The van der Waals surface area contributed by atoms with Gasteiger partial charge in [0.2, 0.25) is 0 Å². The lowest BCUT2D eigenvalue weighted by molar-refractivity contribution is -0.107. The second-order valence-electron chi connectivity index (χ2n) is 4.51. The second-order valence-corrected chi connectivity index (χ2v) is 4.51. The average molecular weight is 236 g/mol. The molecular weight excluding hydrogens is 208 g/mol. The molecule has 0 aliphatic carbocycles. The summed E-state index contributed by atoms with van der Waals surface area (Å²) in [5.41, 5.74) is 0. The van der Waals surface area contributed by atoms with Crippen molar-refractivity contribution in [3.8, 4) is 0 Å². The van der Waals surface area contributed by atoms with Crippen LogP contribution in [0.4, 0.5) is 0 Å². The maximum absolute atomic E-state index is 10.1. The quantitative estimate of drug-likeness (QED) is 0.258. The monoisotopic (exact) mass is 236 g/mol. The Bertz CT molecular complexity index is 204. The standard InChI is InChI=1S/C16H28O/c1-2-3-4-5-6-7-8-9-10-11-12-13-14-15-16-17/h9-12,16H,2-8,13-15H2,1H3. The summed E-state index contributed by atoms with van der Waals surface area (Å²) in [5, 5.41) is 0. The Morgan fingerprint density at radius 1 is 0.706 bits per heavy atom. The highest BCUT2D eigenvalue weighted by Gasteiger charge is 1.87. The molecule has 0 aromatic carbocycles. The van der Waals surface area contributed by atoms with Crippen LogP contribution in [0.25, 0.3) is 0 Å². The molecule has 0 amide bonds. The molecule has 0 heterocycles. The van der Waals surface area contributed by atoms with E-state index in [2.05, 4.69) is 31.2 Å². The minimum atomic E-state index is 0.686. The fourth-order valence-corrected chi connectivity index (χ4v) is 1.71. The third kappa shape index (κ3) is 15.1. The van der Waals surface area contributed by atoms with Crippen LogP contribution in [-0.2, 0) is 4.79 Å². The lowest BCUT2D eigenvalue weighted by Crippen LogP contribution is -1.77. The number of unbranched alkanes of at least 4 members (excludes halogenated alkanes) is 8. The molecule has 1 heteroatoms. The predicted molar refractivity (Wildman–Crippen MR) is 76.2 cm³/mol. The van der Waals surface area contributed by atoms with E-state index >= 15 is 0 Å². The van der Waals surface area contributed by atoms with E-state index in [0.29, 0.717) is 6.42 Å². The number of hydrogen-bond acceptors (Lipinski definition) is 1. The van der Waals surface area contributed by atoms with E-state index in [1.165, 1.54) is 44.9 Å². The fourth-order valence-electron chi connectivity index (χ4n) is 1.71. The van der Waals surface area contributed by atoms with Gasteiger partial charge in [0, 0.05) is 6.42 Å². The van der Waals surface area contributed by atoms with Crippen LogP contribution in [0.15, 0.2) is 24.3 Å². The first kappa shape index (κ1) is 16.1. The first-order valence-corrected chi connectivity index (χ1v) is 7.17. The van der Waals surface area contributed by atoms with E-state index in [4.69, 9.17) is 0 Å². The van der Waals surface area contributed by atoms with Crippen LogP contribution in [0.5, 0.6) is 0 Å². The molecule has 0 saturated carbocycles. The van der Waals surface area contributed by atoms with Crippen molar-refractivity contribution in [1.29, 1.82) is 0 Å². The topological polar surface area (TPSA) is 17.1 Å². The summed E-state index contributed by atoms with van der Waals surface area (Å²) in [4.78, 5) is 10.1. The van der Waals surface area contributed by atoms with Crippen LogP contribution in [0.3, 0.4) is 0 Å². The number of rotatable bonds is 12. The van der Waals surface area contributed by atoms with Gasteiger partial charge in [0.05, 0.1) is 0 Å². The summed E-state index contributed by atoms with van der Waals surface area (Å²) in [5.74, 6) is 0. The van der Waals surface area contributed by atoms with Gasteiger partial charge in [-0.15, -0.1) is 0 Å². The molecule has 0 aliphatic rings. The molecule has 0 unspecified atom stereocenters. The maximum atomic E-state index is 10.1. The summed E-state index contributed by atoms with van der Waals surface area (Å²) < 4.78 is 0. The molecule has 0 fully saturated rings. The SMILES string of the molecule is CCCCCCCCC=CC=CCCCC=O. The molecule has 0 aromatic heterocycles. The summed E-state index contributed by atoms with van der Waals surface area (Å²) in [6.45, 7) is 2.25. The van der Waals surface area contributed by atoms with Crippen LogP contribution in [0.1, 0.15) is 71.1 Å². The Labute approximate surface area is 107 Å². The number of hydrogen-bond donors (Lipinski definition) is 0. The van der Waals surface area contributed by atoms with Gasteiger partial charge in [0.15, 0.2) is 0 Å². The van der Waals surface area contributed by atoms with Gasteiger partial charge in [-0.1, -0.05) is 63.3 Å². The molecular formula is C16H28O. The molecule has 0 saturated heterocycles. The van der Waals surface area contributed by atoms with Gasteiger partial charge in [0.25, 0.3) is 0 Å². The van der Waals surface area contributed by atoms with Crippen LogP contribution in [0, 0.1) is 0 Å². The number of aldehydes is 1. The highest BCUT2D eigenvalue weighted by molar-refractivity contribution is 5.49. The Morgan fingerprint density at radius 2 is 1.29 bits per heavy atom. The first-order valence-electron chi connectivity index (χ1n) is 7.17. The number of allylic oxidation sites excluding steroid dienone is 4. The predicted octanol–water partition coefficient (Wildman–Crippen LogP) is 5.22. The van der Waals surface area contributed by atoms with E-state index in [1.54, 1.807) is 0 Å². The fraction of sp³-hybridized carbons (Fsp3) is 0.688. The van der Waals surface area contributed by atoms with Crippen molar-refractivity contribution in [1.82, 2.24) is 0 Å². The van der Waals surface area contributed by atoms with Crippen molar-refractivity contribution >= 4 is 6.29 Å². The molecule has 0 bridgehead atoms. The lowest BCUT2D eigenvalue weighted by atomic mass is 10.1. The largest absolute Gasteiger partial charge is 0.303 e. The first-order chi connectivity index (χ1) is 8.41. The second kappa shape index (κ2) is 15.1. The van der Waals surface area contributed by atoms with Crippen LogP contribution in [-0.4, -0.2) is 6.29 Å². The Kier molecular flexibility index (Phi) is 14.4. The summed E-state index contributed by atoms with van der Waals surface area (Å²) in [6, 6.07) is 0. The van der Waals surface area contributed by atoms with Crippen molar-refractivity contribution < 1.29 is 4.79 Å². The van der Waals surface area contributed by atoms with Crippen LogP contribution < -0.4 is 0 Å². The normalized spacial score (nSPS) is 11.6. The highest BCUT2D eigenvalue weighted by atomic mass is 16.1. The summed E-state index contributed by atoms with van der Waals surface area (Å²) >= 11 is 0. The van der Waals surface area contributed by atoms with Crippen molar-refractivity contribution in [2.24, 2.45) is 0 Å². The molecule has 0 radical (unpaired) electrons. The highest BCUT2D eigenvalue weighted by Crippen LogP contribution is 2.07. The van der Waals surface area contributed by atoms with Crippen LogP contribution in [0.2, 0.25) is 0 Å². The van der Waals surface area contributed by atoms with Crippen molar-refractivity contribution in [2.45, 2.75) is 71.1 Å². The summed E-state index contributed by atoms with van der Waals surface area (Å²) in [6.07, 6.45) is 21.7. The van der Waals surface area contributed by atoms with Gasteiger partial charge >= 0.3 is 0 Å². The third-order valence-electron chi connectivity index (χ3n) is 2.80.